The second-order valence-corrected chi connectivity index (χ2v) is 5.58. The summed E-state index contributed by atoms with van der Waals surface area (Å²) in [6, 6.07) is 12.2. The molecule has 0 saturated heterocycles. The minimum absolute atomic E-state index is 0.0645. The zero-order valence-electron chi connectivity index (χ0n) is 13.1. The number of methoxy groups -OCH3 is 1. The van der Waals surface area contributed by atoms with Crippen molar-refractivity contribution in [2.75, 3.05) is 12.4 Å². The van der Waals surface area contributed by atoms with E-state index in [0.29, 0.717) is 10.8 Å². The highest BCUT2D eigenvalue weighted by molar-refractivity contribution is 7.80. The van der Waals surface area contributed by atoms with Crippen molar-refractivity contribution < 1.29 is 17.9 Å². The summed E-state index contributed by atoms with van der Waals surface area (Å²) in [6.45, 7) is 1.93. The Balaban J connectivity index is 1.94. The van der Waals surface area contributed by atoms with Crippen LogP contribution in [0.4, 0.5) is 18.9 Å². The Bertz CT molecular complexity index is 684. The fourth-order valence-electron chi connectivity index (χ4n) is 2.08. The van der Waals surface area contributed by atoms with Crippen LogP contribution in [0.25, 0.3) is 0 Å². The van der Waals surface area contributed by atoms with Crippen molar-refractivity contribution in [3.63, 3.8) is 0 Å². The molecule has 2 aromatic carbocycles. The van der Waals surface area contributed by atoms with Gasteiger partial charge in [0, 0.05) is 5.69 Å². The quantitative estimate of drug-likeness (QED) is 0.776. The van der Waals surface area contributed by atoms with Crippen molar-refractivity contribution in [1.82, 2.24) is 5.32 Å². The van der Waals surface area contributed by atoms with Gasteiger partial charge in [-0.3, -0.25) is 0 Å². The largest absolute Gasteiger partial charge is 0.497 e. The Labute approximate surface area is 143 Å². The second-order valence-electron chi connectivity index (χ2n) is 5.17. The van der Waals surface area contributed by atoms with E-state index in [2.05, 4.69) is 10.6 Å². The van der Waals surface area contributed by atoms with E-state index in [1.54, 1.807) is 7.11 Å². The standard InChI is InChI=1S/C17H17F3N2OS/c1-11(12-3-9-15(23-2)10-4-12)21-16(24)22-14-7-5-13(6-8-14)17(18,19)20/h3-11H,1-2H3,(H2,21,22,24). The van der Waals surface area contributed by atoms with Crippen LogP contribution in [0.5, 0.6) is 5.75 Å². The SMILES string of the molecule is COc1ccc(C(C)NC(=S)Nc2ccc(C(F)(F)F)cc2)cc1. The average Bonchev–Trinajstić information content (AvgIpc) is 2.54. The maximum atomic E-state index is 12.5. The summed E-state index contributed by atoms with van der Waals surface area (Å²) in [5.74, 6) is 0.761. The van der Waals surface area contributed by atoms with E-state index in [4.69, 9.17) is 17.0 Å². The van der Waals surface area contributed by atoms with Crippen LogP contribution >= 0.6 is 12.2 Å². The third-order valence-electron chi connectivity index (χ3n) is 3.43. The smallest absolute Gasteiger partial charge is 0.416 e. The lowest BCUT2D eigenvalue weighted by Gasteiger charge is -2.18. The highest BCUT2D eigenvalue weighted by Gasteiger charge is 2.29. The highest BCUT2D eigenvalue weighted by Crippen LogP contribution is 2.29. The number of anilines is 1. The number of thiocarbonyl (C=S) groups is 1. The van der Waals surface area contributed by atoms with Crippen molar-refractivity contribution >= 4 is 23.0 Å². The van der Waals surface area contributed by atoms with E-state index >= 15 is 0 Å². The molecule has 2 aromatic rings. The first-order chi connectivity index (χ1) is 11.3. The lowest BCUT2D eigenvalue weighted by Crippen LogP contribution is -2.30. The first-order valence-electron chi connectivity index (χ1n) is 7.18. The molecular weight excluding hydrogens is 337 g/mol. The minimum Gasteiger partial charge on any atom is -0.497 e. The maximum absolute atomic E-state index is 12.5. The summed E-state index contributed by atoms with van der Waals surface area (Å²) in [4.78, 5) is 0. The van der Waals surface area contributed by atoms with Crippen molar-refractivity contribution in [1.29, 1.82) is 0 Å². The van der Waals surface area contributed by atoms with Crippen LogP contribution in [0.3, 0.4) is 0 Å². The van der Waals surface area contributed by atoms with Crippen molar-refractivity contribution in [2.45, 2.75) is 19.1 Å². The predicted molar refractivity (Wildman–Crippen MR) is 92.2 cm³/mol. The highest BCUT2D eigenvalue weighted by atomic mass is 32.1. The molecule has 0 bridgehead atoms. The topological polar surface area (TPSA) is 33.3 Å². The van der Waals surface area contributed by atoms with Crippen LogP contribution in [0, 0.1) is 0 Å². The molecule has 0 aliphatic rings. The maximum Gasteiger partial charge on any atom is 0.416 e. The van der Waals surface area contributed by atoms with Gasteiger partial charge in [-0.05, 0) is 61.1 Å². The number of hydrogen-bond acceptors (Lipinski definition) is 2. The number of nitrogens with one attached hydrogen (secondary N) is 2. The van der Waals surface area contributed by atoms with Crippen molar-refractivity contribution in [2.24, 2.45) is 0 Å². The molecule has 1 unspecified atom stereocenters. The van der Waals surface area contributed by atoms with Gasteiger partial charge in [0.1, 0.15) is 5.75 Å². The lowest BCUT2D eigenvalue weighted by molar-refractivity contribution is -0.137. The molecule has 7 heteroatoms. The zero-order valence-corrected chi connectivity index (χ0v) is 14.0. The summed E-state index contributed by atoms with van der Waals surface area (Å²) in [7, 11) is 1.60. The van der Waals surface area contributed by atoms with Crippen LogP contribution < -0.4 is 15.4 Å². The Kier molecular flexibility index (Phi) is 5.66. The molecule has 2 rings (SSSR count). The number of ether oxygens (including phenoxy) is 1. The van der Waals surface area contributed by atoms with E-state index < -0.39 is 11.7 Å². The first kappa shape index (κ1) is 18.1. The molecule has 1 atom stereocenters. The second kappa shape index (κ2) is 7.53. The number of alkyl halides is 3. The van der Waals surface area contributed by atoms with Gasteiger partial charge in [-0.25, -0.2) is 0 Å². The summed E-state index contributed by atoms with van der Waals surface area (Å²) >= 11 is 5.20. The number of hydrogen-bond donors (Lipinski definition) is 2. The Hall–Kier alpha value is -2.28. The third-order valence-corrected chi connectivity index (χ3v) is 3.65. The first-order valence-corrected chi connectivity index (χ1v) is 7.59. The van der Waals surface area contributed by atoms with Gasteiger partial charge >= 0.3 is 6.18 Å². The molecule has 0 aliphatic heterocycles. The molecule has 3 nitrogen and oxygen atoms in total. The van der Waals surface area contributed by atoms with Gasteiger partial charge in [-0.15, -0.1) is 0 Å². The van der Waals surface area contributed by atoms with Gasteiger partial charge in [0.25, 0.3) is 0 Å². The molecule has 24 heavy (non-hydrogen) atoms. The van der Waals surface area contributed by atoms with Crippen molar-refractivity contribution in [3.05, 3.63) is 59.7 Å². The van der Waals surface area contributed by atoms with Crippen LogP contribution in [0.2, 0.25) is 0 Å². The van der Waals surface area contributed by atoms with Crippen LogP contribution in [-0.2, 0) is 6.18 Å². The van der Waals surface area contributed by atoms with Crippen LogP contribution in [-0.4, -0.2) is 12.2 Å². The minimum atomic E-state index is -4.35. The molecule has 0 amide bonds. The Morgan fingerprint density at radius 3 is 2.12 bits per heavy atom. The fraction of sp³-hybridized carbons (Fsp3) is 0.235. The van der Waals surface area contributed by atoms with E-state index in [-0.39, 0.29) is 6.04 Å². The normalized spacial score (nSPS) is 12.4. The molecule has 0 saturated carbocycles. The van der Waals surface area contributed by atoms with Gasteiger partial charge in [0.05, 0.1) is 18.7 Å². The predicted octanol–water partition coefficient (Wildman–Crippen LogP) is 4.76. The average molecular weight is 354 g/mol. The van der Waals surface area contributed by atoms with E-state index in [0.717, 1.165) is 23.4 Å². The van der Waals surface area contributed by atoms with Gasteiger partial charge in [0.15, 0.2) is 5.11 Å². The van der Waals surface area contributed by atoms with Gasteiger partial charge in [0.2, 0.25) is 0 Å². The summed E-state index contributed by atoms with van der Waals surface area (Å²) < 4.78 is 42.7. The Morgan fingerprint density at radius 2 is 1.62 bits per heavy atom. The number of halogens is 3. The van der Waals surface area contributed by atoms with Crippen molar-refractivity contribution in [3.8, 4) is 5.75 Å². The molecule has 0 heterocycles. The molecular formula is C17H17F3N2OS. The zero-order chi connectivity index (χ0) is 17.7. The van der Waals surface area contributed by atoms with Gasteiger partial charge < -0.3 is 15.4 Å². The molecule has 0 fully saturated rings. The summed E-state index contributed by atoms with van der Waals surface area (Å²) in [6.07, 6.45) is -4.35. The molecule has 2 N–H and O–H groups in total. The molecule has 0 aromatic heterocycles. The van der Waals surface area contributed by atoms with Gasteiger partial charge in [-0.2, -0.15) is 13.2 Å². The van der Waals surface area contributed by atoms with Crippen LogP contribution in [0.1, 0.15) is 24.1 Å². The molecule has 128 valence electrons. The van der Waals surface area contributed by atoms with E-state index in [1.807, 2.05) is 31.2 Å². The van der Waals surface area contributed by atoms with E-state index in [1.165, 1.54) is 12.1 Å². The monoisotopic (exact) mass is 354 g/mol. The number of benzene rings is 2. The fourth-order valence-corrected chi connectivity index (χ4v) is 2.38. The van der Waals surface area contributed by atoms with E-state index in [9.17, 15) is 13.2 Å². The summed E-state index contributed by atoms with van der Waals surface area (Å²) in [5, 5.41) is 6.29. The third kappa shape index (κ3) is 4.86. The van der Waals surface area contributed by atoms with Crippen LogP contribution in [0.15, 0.2) is 48.5 Å². The lowest BCUT2D eigenvalue weighted by atomic mass is 10.1. The molecule has 0 aliphatic carbocycles. The Morgan fingerprint density at radius 1 is 1.04 bits per heavy atom. The summed E-state index contributed by atoms with van der Waals surface area (Å²) in [5.41, 5.74) is 0.799. The number of rotatable bonds is 4. The molecule has 0 radical (unpaired) electrons. The molecule has 0 spiro atoms. The van der Waals surface area contributed by atoms with Gasteiger partial charge in [-0.1, -0.05) is 12.1 Å².